The van der Waals surface area contributed by atoms with Crippen LogP contribution in [0.2, 0.25) is 0 Å². The van der Waals surface area contributed by atoms with Crippen LogP contribution >= 0.6 is 11.3 Å². The minimum absolute atomic E-state index is 0.134. The number of rotatable bonds is 3. The van der Waals surface area contributed by atoms with Crippen LogP contribution in [0.25, 0.3) is 0 Å². The van der Waals surface area contributed by atoms with Gasteiger partial charge in [0, 0.05) is 11.4 Å². The number of ether oxygens (including phenoxy) is 1. The highest BCUT2D eigenvalue weighted by Crippen LogP contribution is 2.23. The summed E-state index contributed by atoms with van der Waals surface area (Å²) in [6.07, 6.45) is -0.299. The smallest absolute Gasteiger partial charge is 0.317 e. The first-order chi connectivity index (χ1) is 11.5. The number of benzene rings is 1. The Kier molecular flexibility index (Phi) is 5.11. The summed E-state index contributed by atoms with van der Waals surface area (Å²) < 4.78 is 19.1. The molecule has 5 nitrogen and oxygen atoms in total. The number of morpholine rings is 1. The standard InChI is InChI=1S/C17H20FN3O2S/c1-11-16(24-12(2)20-11)9-19-17(22)21-6-7-23-15(10-21)13-4-3-5-14(18)8-13/h3-5,8,15H,6-7,9-10H2,1-2H3,(H,19,22). The molecule has 0 spiro atoms. The van der Waals surface area contributed by atoms with Crippen LogP contribution in [0.1, 0.15) is 27.2 Å². The zero-order chi connectivity index (χ0) is 17.1. The molecule has 24 heavy (non-hydrogen) atoms. The van der Waals surface area contributed by atoms with Gasteiger partial charge in [-0.05, 0) is 31.5 Å². The summed E-state index contributed by atoms with van der Waals surface area (Å²) in [5.74, 6) is -0.297. The normalized spacial score (nSPS) is 17.8. The van der Waals surface area contributed by atoms with Crippen molar-refractivity contribution in [2.75, 3.05) is 19.7 Å². The van der Waals surface area contributed by atoms with Gasteiger partial charge in [0.1, 0.15) is 11.9 Å². The van der Waals surface area contributed by atoms with Gasteiger partial charge >= 0.3 is 6.03 Å². The number of urea groups is 1. The van der Waals surface area contributed by atoms with E-state index in [0.29, 0.717) is 26.2 Å². The molecule has 1 aromatic carbocycles. The van der Waals surface area contributed by atoms with Crippen LogP contribution in [0, 0.1) is 19.7 Å². The number of nitrogens with zero attached hydrogens (tertiary/aromatic N) is 2. The number of aromatic nitrogens is 1. The Labute approximate surface area is 144 Å². The molecule has 2 amide bonds. The predicted molar refractivity (Wildman–Crippen MR) is 90.5 cm³/mol. The van der Waals surface area contributed by atoms with E-state index in [1.54, 1.807) is 22.3 Å². The number of halogens is 1. The van der Waals surface area contributed by atoms with Gasteiger partial charge in [-0.25, -0.2) is 14.2 Å². The van der Waals surface area contributed by atoms with E-state index in [1.165, 1.54) is 12.1 Å². The van der Waals surface area contributed by atoms with Gasteiger partial charge in [0.25, 0.3) is 0 Å². The van der Waals surface area contributed by atoms with Gasteiger partial charge in [-0.2, -0.15) is 0 Å². The Morgan fingerprint density at radius 2 is 2.33 bits per heavy atom. The first kappa shape index (κ1) is 16.9. The molecule has 1 aliphatic heterocycles. The van der Waals surface area contributed by atoms with E-state index < -0.39 is 0 Å². The summed E-state index contributed by atoms with van der Waals surface area (Å²) in [5.41, 5.74) is 1.71. The van der Waals surface area contributed by atoms with Crippen LogP contribution in [0.5, 0.6) is 0 Å². The minimum atomic E-state index is -0.299. The van der Waals surface area contributed by atoms with E-state index in [9.17, 15) is 9.18 Å². The Bertz CT molecular complexity index is 734. The topological polar surface area (TPSA) is 54.5 Å². The number of carbonyl (C=O) groups excluding carboxylic acids is 1. The van der Waals surface area contributed by atoms with Gasteiger partial charge in [-0.3, -0.25) is 0 Å². The molecule has 0 radical (unpaired) electrons. The molecule has 1 aromatic heterocycles. The van der Waals surface area contributed by atoms with E-state index in [-0.39, 0.29) is 18.0 Å². The van der Waals surface area contributed by atoms with Crippen LogP contribution in [0.4, 0.5) is 9.18 Å². The number of thiazole rings is 1. The molecular weight excluding hydrogens is 329 g/mol. The lowest BCUT2D eigenvalue weighted by atomic mass is 10.1. The molecule has 1 aliphatic rings. The molecule has 0 saturated carbocycles. The van der Waals surface area contributed by atoms with E-state index in [2.05, 4.69) is 10.3 Å². The first-order valence-corrected chi connectivity index (χ1v) is 8.67. The van der Waals surface area contributed by atoms with Crippen molar-refractivity contribution >= 4 is 17.4 Å². The third-order valence-electron chi connectivity index (χ3n) is 3.97. The third-order valence-corrected chi connectivity index (χ3v) is 5.05. The van der Waals surface area contributed by atoms with Crippen LogP contribution < -0.4 is 5.32 Å². The van der Waals surface area contributed by atoms with Crippen LogP contribution in [-0.2, 0) is 11.3 Å². The second-order valence-corrected chi connectivity index (χ2v) is 7.05. The van der Waals surface area contributed by atoms with E-state index in [0.717, 1.165) is 21.1 Å². The molecule has 1 N–H and O–H groups in total. The second kappa shape index (κ2) is 7.27. The Morgan fingerprint density at radius 3 is 3.04 bits per heavy atom. The van der Waals surface area contributed by atoms with Crippen molar-refractivity contribution < 1.29 is 13.9 Å². The summed E-state index contributed by atoms with van der Waals surface area (Å²) in [7, 11) is 0. The number of aryl methyl sites for hydroxylation is 2. The number of amides is 2. The molecule has 1 atom stereocenters. The summed E-state index contributed by atoms with van der Waals surface area (Å²) in [6, 6.07) is 6.19. The lowest BCUT2D eigenvalue weighted by molar-refractivity contribution is -0.0156. The van der Waals surface area contributed by atoms with Crippen molar-refractivity contribution in [3.05, 3.63) is 51.2 Å². The number of hydrogen-bond donors (Lipinski definition) is 1. The number of hydrogen-bond acceptors (Lipinski definition) is 4. The highest BCUT2D eigenvalue weighted by molar-refractivity contribution is 7.11. The Hall–Kier alpha value is -1.99. The summed E-state index contributed by atoms with van der Waals surface area (Å²) in [5, 5.41) is 3.93. The fourth-order valence-corrected chi connectivity index (χ4v) is 3.62. The van der Waals surface area contributed by atoms with E-state index in [4.69, 9.17) is 4.74 Å². The second-order valence-electron chi connectivity index (χ2n) is 5.76. The van der Waals surface area contributed by atoms with E-state index >= 15 is 0 Å². The predicted octanol–water partition coefficient (Wildman–Crippen LogP) is 3.18. The largest absolute Gasteiger partial charge is 0.370 e. The summed E-state index contributed by atoms with van der Waals surface area (Å²) >= 11 is 1.59. The van der Waals surface area contributed by atoms with Crippen molar-refractivity contribution in [1.29, 1.82) is 0 Å². The minimum Gasteiger partial charge on any atom is -0.370 e. The zero-order valence-corrected chi connectivity index (χ0v) is 14.5. The highest BCUT2D eigenvalue weighted by Gasteiger charge is 2.25. The van der Waals surface area contributed by atoms with Crippen molar-refractivity contribution in [1.82, 2.24) is 15.2 Å². The maximum atomic E-state index is 13.4. The van der Waals surface area contributed by atoms with Gasteiger partial charge in [-0.1, -0.05) is 12.1 Å². The van der Waals surface area contributed by atoms with Crippen LogP contribution in [0.15, 0.2) is 24.3 Å². The lowest BCUT2D eigenvalue weighted by Gasteiger charge is -2.33. The maximum Gasteiger partial charge on any atom is 0.317 e. The number of carbonyl (C=O) groups is 1. The van der Waals surface area contributed by atoms with Gasteiger partial charge in [0.2, 0.25) is 0 Å². The summed E-state index contributed by atoms with van der Waals surface area (Å²) in [6.45, 7) is 5.74. The average molecular weight is 349 g/mol. The Morgan fingerprint density at radius 1 is 1.50 bits per heavy atom. The molecule has 128 valence electrons. The quantitative estimate of drug-likeness (QED) is 0.926. The third kappa shape index (κ3) is 3.91. The Balaban J connectivity index is 1.60. The fourth-order valence-electron chi connectivity index (χ4n) is 2.75. The fraction of sp³-hybridized carbons (Fsp3) is 0.412. The van der Waals surface area contributed by atoms with Crippen molar-refractivity contribution in [2.45, 2.75) is 26.5 Å². The molecule has 0 aliphatic carbocycles. The van der Waals surface area contributed by atoms with Crippen LogP contribution in [0.3, 0.4) is 0 Å². The average Bonchev–Trinajstić information content (AvgIpc) is 2.90. The van der Waals surface area contributed by atoms with Gasteiger partial charge in [0.05, 0.1) is 30.4 Å². The highest BCUT2D eigenvalue weighted by atomic mass is 32.1. The van der Waals surface area contributed by atoms with Crippen molar-refractivity contribution in [3.8, 4) is 0 Å². The molecule has 2 heterocycles. The molecule has 1 saturated heterocycles. The zero-order valence-electron chi connectivity index (χ0n) is 13.7. The maximum absolute atomic E-state index is 13.4. The van der Waals surface area contributed by atoms with E-state index in [1.807, 2.05) is 19.9 Å². The molecular formula is C17H20FN3O2S. The molecule has 1 unspecified atom stereocenters. The number of nitrogens with one attached hydrogen (secondary N) is 1. The van der Waals surface area contributed by atoms with Gasteiger partial charge in [0.15, 0.2) is 0 Å². The van der Waals surface area contributed by atoms with Crippen molar-refractivity contribution in [3.63, 3.8) is 0 Å². The first-order valence-electron chi connectivity index (χ1n) is 7.85. The van der Waals surface area contributed by atoms with Gasteiger partial charge < -0.3 is 15.0 Å². The molecule has 7 heteroatoms. The lowest BCUT2D eigenvalue weighted by Crippen LogP contribution is -2.46. The molecule has 0 bridgehead atoms. The van der Waals surface area contributed by atoms with Gasteiger partial charge in [-0.15, -0.1) is 11.3 Å². The molecule has 1 fully saturated rings. The SMILES string of the molecule is Cc1nc(C)c(CNC(=O)N2CCOC(c3cccc(F)c3)C2)s1. The molecule has 2 aromatic rings. The molecule has 3 rings (SSSR count). The summed E-state index contributed by atoms with van der Waals surface area (Å²) in [4.78, 5) is 19.5. The van der Waals surface area contributed by atoms with Crippen LogP contribution in [-0.4, -0.2) is 35.6 Å². The monoisotopic (exact) mass is 349 g/mol. The van der Waals surface area contributed by atoms with Crippen molar-refractivity contribution in [2.24, 2.45) is 0 Å².